The SMILES string of the molecule is CC1(C)CCC(C)(C2=CC(=O)C=CC2=O)N1[O]. The van der Waals surface area contributed by atoms with Gasteiger partial charge in [0.1, 0.15) is 0 Å². The van der Waals surface area contributed by atoms with Gasteiger partial charge in [-0.25, -0.2) is 0 Å². The van der Waals surface area contributed by atoms with Gasteiger partial charge in [-0.3, -0.25) is 9.59 Å². The van der Waals surface area contributed by atoms with E-state index in [1.807, 2.05) is 13.8 Å². The molecule has 1 fully saturated rings. The summed E-state index contributed by atoms with van der Waals surface area (Å²) in [6.45, 7) is 5.46. The van der Waals surface area contributed by atoms with Crippen LogP contribution in [0.15, 0.2) is 23.8 Å². The number of carbonyl (C=O) groups is 2. The van der Waals surface area contributed by atoms with Crippen molar-refractivity contribution in [2.24, 2.45) is 0 Å². The highest BCUT2D eigenvalue weighted by Gasteiger charge is 2.52. The maximum atomic E-state index is 12.3. The fourth-order valence-electron chi connectivity index (χ4n) is 2.59. The van der Waals surface area contributed by atoms with E-state index in [2.05, 4.69) is 0 Å². The highest BCUT2D eigenvalue weighted by Crippen LogP contribution is 2.44. The molecule has 0 aromatic heterocycles. The molecule has 1 atom stereocenters. The lowest BCUT2D eigenvalue weighted by Crippen LogP contribution is -2.49. The van der Waals surface area contributed by atoms with Crippen molar-refractivity contribution in [3.05, 3.63) is 23.8 Å². The Hall–Kier alpha value is -1.26. The zero-order valence-corrected chi connectivity index (χ0v) is 10.3. The number of carbonyl (C=O) groups excluding carboxylic acids is 2. The highest BCUT2D eigenvalue weighted by atomic mass is 16.5. The van der Waals surface area contributed by atoms with E-state index in [-0.39, 0.29) is 11.6 Å². The van der Waals surface area contributed by atoms with E-state index in [0.29, 0.717) is 12.0 Å². The Kier molecular flexibility index (Phi) is 2.60. The number of hydrogen-bond acceptors (Lipinski definition) is 3. The molecule has 0 amide bonds. The van der Waals surface area contributed by atoms with Gasteiger partial charge in [-0.05, 0) is 51.8 Å². The van der Waals surface area contributed by atoms with E-state index < -0.39 is 11.1 Å². The van der Waals surface area contributed by atoms with Gasteiger partial charge in [-0.2, -0.15) is 0 Å². The first kappa shape index (κ1) is 12.2. The van der Waals surface area contributed by atoms with Gasteiger partial charge in [0.2, 0.25) is 0 Å². The van der Waals surface area contributed by atoms with E-state index in [1.54, 1.807) is 6.92 Å². The Bertz CT molecular complexity index is 448. The largest absolute Gasteiger partial charge is 0.290 e. The van der Waals surface area contributed by atoms with Gasteiger partial charge >= 0.3 is 0 Å². The molecule has 1 aliphatic heterocycles. The number of rotatable bonds is 1. The minimum absolute atomic E-state index is 0.223. The van der Waals surface area contributed by atoms with Gasteiger partial charge in [0.05, 0.1) is 5.54 Å². The molecule has 91 valence electrons. The molecule has 1 radical (unpaired) electrons. The van der Waals surface area contributed by atoms with Crippen LogP contribution in [0.25, 0.3) is 0 Å². The molecule has 2 aliphatic rings. The van der Waals surface area contributed by atoms with Crippen molar-refractivity contribution in [3.8, 4) is 0 Å². The summed E-state index contributed by atoms with van der Waals surface area (Å²) in [5.41, 5.74) is -1.04. The third-order valence-corrected chi connectivity index (χ3v) is 3.75. The predicted octanol–water partition coefficient (Wildman–Crippen LogP) is 1.60. The van der Waals surface area contributed by atoms with Gasteiger partial charge in [0.15, 0.2) is 11.6 Å². The first-order valence-electron chi connectivity index (χ1n) is 5.73. The first-order chi connectivity index (χ1) is 7.77. The molecule has 0 saturated carbocycles. The number of nitrogens with zero attached hydrogens (tertiary/aromatic N) is 1. The van der Waals surface area contributed by atoms with Crippen LogP contribution in [0.5, 0.6) is 0 Å². The van der Waals surface area contributed by atoms with Crippen LogP contribution in [0.2, 0.25) is 0 Å². The summed E-state index contributed by atoms with van der Waals surface area (Å²) in [6, 6.07) is 0. The molecule has 2 rings (SSSR count). The molecule has 4 heteroatoms. The second-order valence-corrected chi connectivity index (χ2v) is 5.54. The maximum Gasteiger partial charge on any atom is 0.184 e. The molecule has 0 bridgehead atoms. The molecule has 1 unspecified atom stereocenters. The molecule has 4 nitrogen and oxygen atoms in total. The van der Waals surface area contributed by atoms with Crippen LogP contribution in [-0.4, -0.2) is 27.7 Å². The number of ketones is 2. The monoisotopic (exact) mass is 234 g/mol. The Labute approximate surface area is 101 Å². The standard InChI is InChI=1S/C13H16NO3/c1-12(2)6-7-13(3,14(12)17)10-8-9(15)4-5-11(10)16/h4-5,8H,6-7H2,1-3H3. The molecule has 0 spiro atoms. The lowest BCUT2D eigenvalue weighted by Gasteiger charge is -2.36. The molecule has 17 heavy (non-hydrogen) atoms. The normalized spacial score (nSPS) is 33.1. The predicted molar refractivity (Wildman–Crippen MR) is 61.5 cm³/mol. The van der Waals surface area contributed by atoms with Gasteiger partial charge in [0, 0.05) is 11.1 Å². The minimum Gasteiger partial charge on any atom is -0.290 e. The molecule has 1 heterocycles. The first-order valence-corrected chi connectivity index (χ1v) is 5.73. The lowest BCUT2D eigenvalue weighted by atomic mass is 9.84. The fourth-order valence-corrected chi connectivity index (χ4v) is 2.59. The molecule has 0 aromatic rings. The number of hydrogen-bond donors (Lipinski definition) is 0. The topological polar surface area (TPSA) is 57.3 Å². The van der Waals surface area contributed by atoms with Gasteiger partial charge in [0.25, 0.3) is 0 Å². The Morgan fingerprint density at radius 1 is 1.12 bits per heavy atom. The third kappa shape index (κ3) is 1.77. The van der Waals surface area contributed by atoms with Crippen LogP contribution in [-0.2, 0) is 14.8 Å². The highest BCUT2D eigenvalue weighted by molar-refractivity contribution is 6.18. The Morgan fingerprint density at radius 3 is 2.29 bits per heavy atom. The van der Waals surface area contributed by atoms with Crippen molar-refractivity contribution in [2.75, 3.05) is 0 Å². The Balaban J connectivity index is 2.41. The zero-order chi connectivity index (χ0) is 12.8. The van der Waals surface area contributed by atoms with Crippen LogP contribution >= 0.6 is 0 Å². The summed E-state index contributed by atoms with van der Waals surface area (Å²) in [7, 11) is 0. The third-order valence-electron chi connectivity index (χ3n) is 3.75. The van der Waals surface area contributed by atoms with Crippen LogP contribution in [0.3, 0.4) is 0 Å². The van der Waals surface area contributed by atoms with Gasteiger partial charge < -0.3 is 0 Å². The van der Waals surface area contributed by atoms with E-state index in [4.69, 9.17) is 0 Å². The van der Waals surface area contributed by atoms with E-state index in [1.165, 1.54) is 18.2 Å². The van der Waals surface area contributed by atoms with E-state index in [9.17, 15) is 14.8 Å². The molecule has 0 N–H and O–H groups in total. The van der Waals surface area contributed by atoms with Gasteiger partial charge in [-0.15, -0.1) is 10.3 Å². The average molecular weight is 234 g/mol. The summed E-state index contributed by atoms with van der Waals surface area (Å²) in [5, 5.41) is 13.3. The molecule has 1 saturated heterocycles. The summed E-state index contributed by atoms with van der Waals surface area (Å²) < 4.78 is 0. The van der Waals surface area contributed by atoms with E-state index >= 15 is 0 Å². The van der Waals surface area contributed by atoms with Crippen molar-refractivity contribution in [3.63, 3.8) is 0 Å². The van der Waals surface area contributed by atoms with Crippen molar-refractivity contribution < 1.29 is 14.8 Å². The van der Waals surface area contributed by atoms with Crippen LogP contribution in [0, 0.1) is 0 Å². The molecule has 0 aromatic carbocycles. The minimum atomic E-state index is -0.874. The summed E-state index contributed by atoms with van der Waals surface area (Å²) in [5.74, 6) is -0.454. The lowest BCUT2D eigenvalue weighted by molar-refractivity contribution is -0.239. The smallest absolute Gasteiger partial charge is 0.184 e. The molecule has 1 aliphatic carbocycles. The summed E-state index contributed by atoms with van der Waals surface area (Å²) in [6.07, 6.45) is 5.11. The summed E-state index contributed by atoms with van der Waals surface area (Å²) in [4.78, 5) is 23.2. The van der Waals surface area contributed by atoms with E-state index in [0.717, 1.165) is 11.5 Å². The maximum absolute atomic E-state index is 12.3. The van der Waals surface area contributed by atoms with Crippen molar-refractivity contribution >= 4 is 11.6 Å². The molecular formula is C13H16NO3. The number of hydroxylamine groups is 2. The average Bonchev–Trinajstić information content (AvgIpc) is 2.47. The summed E-state index contributed by atoms with van der Waals surface area (Å²) >= 11 is 0. The fraction of sp³-hybridized carbons (Fsp3) is 0.538. The Morgan fingerprint density at radius 2 is 1.76 bits per heavy atom. The van der Waals surface area contributed by atoms with Gasteiger partial charge in [-0.1, -0.05) is 0 Å². The van der Waals surface area contributed by atoms with Crippen LogP contribution < -0.4 is 0 Å². The second-order valence-electron chi connectivity index (χ2n) is 5.54. The van der Waals surface area contributed by atoms with Crippen LogP contribution in [0.1, 0.15) is 33.6 Å². The molecular weight excluding hydrogens is 218 g/mol. The zero-order valence-electron chi connectivity index (χ0n) is 10.3. The van der Waals surface area contributed by atoms with Crippen molar-refractivity contribution in [2.45, 2.75) is 44.7 Å². The second kappa shape index (κ2) is 3.62. The van der Waals surface area contributed by atoms with Crippen molar-refractivity contribution in [1.82, 2.24) is 5.06 Å². The quantitative estimate of drug-likeness (QED) is 0.647. The number of allylic oxidation sites excluding steroid dienone is 3. The van der Waals surface area contributed by atoms with Crippen LogP contribution in [0.4, 0.5) is 0 Å². The van der Waals surface area contributed by atoms with Crippen molar-refractivity contribution in [1.29, 1.82) is 0 Å².